The van der Waals surface area contributed by atoms with E-state index in [0.717, 1.165) is 0 Å². The van der Waals surface area contributed by atoms with Crippen molar-refractivity contribution in [3.05, 3.63) is 12.2 Å². The van der Waals surface area contributed by atoms with Crippen molar-refractivity contribution in [1.29, 1.82) is 0 Å². The van der Waals surface area contributed by atoms with E-state index in [0.29, 0.717) is 0 Å². The first-order valence-corrected chi connectivity index (χ1v) is 2.82. The maximum absolute atomic E-state index is 10.8. The van der Waals surface area contributed by atoms with Gasteiger partial charge in [-0.15, -0.1) is 0 Å². The van der Waals surface area contributed by atoms with Gasteiger partial charge in [0, 0.05) is 0 Å². The number of carbonyl (C=O) groups excluding carboxylic acids is 2. The van der Waals surface area contributed by atoms with Crippen LogP contribution < -0.4 is 5.32 Å². The van der Waals surface area contributed by atoms with Crippen molar-refractivity contribution >= 4 is 17.8 Å². The number of rotatable bonds is 0. The van der Waals surface area contributed by atoms with E-state index in [4.69, 9.17) is 0 Å². The Morgan fingerprint density at radius 1 is 1.55 bits per heavy atom. The lowest BCUT2D eigenvalue weighted by Gasteiger charge is -2.11. The number of hydrogen-bond donors (Lipinski definition) is 1. The highest BCUT2D eigenvalue weighted by Crippen LogP contribution is 2.02. The molecule has 0 bridgehead atoms. The maximum atomic E-state index is 10.8. The fourth-order valence-electron chi connectivity index (χ4n) is 0.626. The number of aliphatic imine (C=N–C) groups is 1. The highest BCUT2D eigenvalue weighted by molar-refractivity contribution is 6.26. The number of amides is 3. The molecule has 5 nitrogen and oxygen atoms in total. The number of ether oxygens (including phenoxy) is 1. The van der Waals surface area contributed by atoms with E-state index in [-0.39, 0.29) is 11.5 Å². The summed E-state index contributed by atoms with van der Waals surface area (Å²) in [5.41, 5.74) is 0.0621. The van der Waals surface area contributed by atoms with Crippen LogP contribution in [0.2, 0.25) is 0 Å². The lowest BCUT2D eigenvalue weighted by atomic mass is 10.2. The standard InChI is InChI=1S/C6H6N2O3/c1-3-4(9)7-6(10)8-5(3)11-2/h1H2,2H3,(H,7,9,10). The van der Waals surface area contributed by atoms with Crippen molar-refractivity contribution in [3.63, 3.8) is 0 Å². The van der Waals surface area contributed by atoms with Crippen molar-refractivity contribution in [2.45, 2.75) is 0 Å². The summed E-state index contributed by atoms with van der Waals surface area (Å²) in [4.78, 5) is 24.7. The first-order chi connectivity index (χ1) is 5.15. The molecule has 0 spiro atoms. The molecule has 0 radical (unpaired) electrons. The number of imide groups is 1. The average molecular weight is 154 g/mol. The molecular weight excluding hydrogens is 148 g/mol. The first-order valence-electron chi connectivity index (χ1n) is 2.82. The van der Waals surface area contributed by atoms with Crippen LogP contribution in [-0.4, -0.2) is 24.9 Å². The molecule has 0 aromatic rings. The van der Waals surface area contributed by atoms with Gasteiger partial charge in [0.05, 0.1) is 12.7 Å². The van der Waals surface area contributed by atoms with Gasteiger partial charge in [-0.1, -0.05) is 6.58 Å². The molecule has 0 fully saturated rings. The maximum Gasteiger partial charge on any atom is 0.351 e. The van der Waals surface area contributed by atoms with E-state index in [1.54, 1.807) is 0 Å². The van der Waals surface area contributed by atoms with Gasteiger partial charge >= 0.3 is 6.03 Å². The molecule has 0 aliphatic carbocycles. The summed E-state index contributed by atoms with van der Waals surface area (Å²) >= 11 is 0. The molecule has 0 unspecified atom stereocenters. The van der Waals surface area contributed by atoms with Crippen LogP contribution in [0.3, 0.4) is 0 Å². The lowest BCUT2D eigenvalue weighted by Crippen LogP contribution is -2.37. The highest BCUT2D eigenvalue weighted by Gasteiger charge is 2.22. The number of methoxy groups -OCH3 is 1. The molecule has 0 saturated carbocycles. The van der Waals surface area contributed by atoms with Crippen molar-refractivity contribution in [2.24, 2.45) is 4.99 Å². The number of urea groups is 1. The summed E-state index contributed by atoms with van der Waals surface area (Å²) < 4.78 is 4.61. The van der Waals surface area contributed by atoms with E-state index < -0.39 is 11.9 Å². The minimum absolute atomic E-state index is 0.0289. The minimum atomic E-state index is -0.723. The van der Waals surface area contributed by atoms with Crippen molar-refractivity contribution in [3.8, 4) is 0 Å². The van der Waals surface area contributed by atoms with Gasteiger partial charge in [-0.25, -0.2) is 4.79 Å². The molecule has 0 aromatic heterocycles. The molecule has 0 saturated heterocycles. The summed E-state index contributed by atoms with van der Waals surface area (Å²) in [7, 11) is 1.32. The topological polar surface area (TPSA) is 67.8 Å². The van der Waals surface area contributed by atoms with Gasteiger partial charge in [0.15, 0.2) is 0 Å². The van der Waals surface area contributed by atoms with Crippen LogP contribution in [0.15, 0.2) is 17.1 Å². The predicted octanol–water partition coefficient (Wildman–Crippen LogP) is -0.163. The van der Waals surface area contributed by atoms with Crippen LogP contribution in [0.5, 0.6) is 0 Å². The molecular formula is C6H6N2O3. The highest BCUT2D eigenvalue weighted by atomic mass is 16.5. The Morgan fingerprint density at radius 2 is 2.18 bits per heavy atom. The minimum Gasteiger partial charge on any atom is -0.480 e. The number of hydrogen-bond acceptors (Lipinski definition) is 3. The van der Waals surface area contributed by atoms with Crippen LogP contribution >= 0.6 is 0 Å². The SMILES string of the molecule is C=C1C(=O)NC(=O)N=C1OC. The molecule has 1 heterocycles. The Bertz CT molecular complexity index is 267. The quantitative estimate of drug-likeness (QED) is 0.493. The molecule has 1 N–H and O–H groups in total. The van der Waals surface area contributed by atoms with Crippen LogP contribution in [-0.2, 0) is 9.53 Å². The van der Waals surface area contributed by atoms with Gasteiger partial charge < -0.3 is 4.74 Å². The average Bonchev–Trinajstić information content (AvgIpc) is 1.96. The Labute approximate surface area is 62.8 Å². The third-order valence-corrected chi connectivity index (χ3v) is 1.15. The Balaban J connectivity index is 2.99. The van der Waals surface area contributed by atoms with E-state index in [9.17, 15) is 9.59 Å². The van der Waals surface area contributed by atoms with Crippen LogP contribution in [0.25, 0.3) is 0 Å². The van der Waals surface area contributed by atoms with Gasteiger partial charge in [-0.2, -0.15) is 4.99 Å². The Kier molecular flexibility index (Phi) is 1.72. The third kappa shape index (κ3) is 1.26. The second-order valence-electron chi connectivity index (χ2n) is 1.86. The van der Waals surface area contributed by atoms with Crippen LogP contribution in [0, 0.1) is 0 Å². The summed E-state index contributed by atoms with van der Waals surface area (Å²) in [6.45, 7) is 3.36. The van der Waals surface area contributed by atoms with Gasteiger partial charge in [0.2, 0.25) is 5.90 Å². The number of carbonyl (C=O) groups is 2. The lowest BCUT2D eigenvalue weighted by molar-refractivity contribution is -0.116. The normalized spacial score (nSPS) is 17.5. The summed E-state index contributed by atoms with van der Waals surface area (Å²) in [5.74, 6) is -0.597. The molecule has 1 rings (SSSR count). The molecule has 1 aliphatic heterocycles. The summed E-state index contributed by atoms with van der Waals surface area (Å²) in [6, 6.07) is -0.723. The fourth-order valence-corrected chi connectivity index (χ4v) is 0.626. The van der Waals surface area contributed by atoms with Gasteiger partial charge in [0.25, 0.3) is 5.91 Å². The zero-order valence-corrected chi connectivity index (χ0v) is 5.88. The summed E-state index contributed by atoms with van der Waals surface area (Å²) in [5, 5.41) is 1.95. The Hall–Kier alpha value is -1.65. The Morgan fingerprint density at radius 3 is 2.73 bits per heavy atom. The van der Waals surface area contributed by atoms with E-state index in [2.05, 4.69) is 16.3 Å². The third-order valence-electron chi connectivity index (χ3n) is 1.15. The van der Waals surface area contributed by atoms with Gasteiger partial charge in [-0.3, -0.25) is 10.1 Å². The van der Waals surface area contributed by atoms with E-state index in [1.165, 1.54) is 7.11 Å². The monoisotopic (exact) mass is 154 g/mol. The molecule has 58 valence electrons. The molecule has 0 atom stereocenters. The van der Waals surface area contributed by atoms with Gasteiger partial charge in [-0.05, 0) is 0 Å². The van der Waals surface area contributed by atoms with E-state index in [1.807, 2.05) is 5.32 Å². The first kappa shape index (κ1) is 7.46. The molecule has 0 aromatic carbocycles. The molecule has 1 aliphatic rings. The number of nitrogens with zero attached hydrogens (tertiary/aromatic N) is 1. The largest absolute Gasteiger partial charge is 0.480 e. The van der Waals surface area contributed by atoms with E-state index >= 15 is 0 Å². The predicted molar refractivity (Wildman–Crippen MR) is 37.1 cm³/mol. The molecule has 3 amide bonds. The van der Waals surface area contributed by atoms with Crippen molar-refractivity contribution < 1.29 is 14.3 Å². The second-order valence-corrected chi connectivity index (χ2v) is 1.86. The van der Waals surface area contributed by atoms with Crippen molar-refractivity contribution in [2.75, 3.05) is 7.11 Å². The van der Waals surface area contributed by atoms with Crippen LogP contribution in [0.4, 0.5) is 4.79 Å². The fraction of sp³-hybridized carbons (Fsp3) is 0.167. The summed E-state index contributed by atoms with van der Waals surface area (Å²) in [6.07, 6.45) is 0. The van der Waals surface area contributed by atoms with Gasteiger partial charge in [0.1, 0.15) is 0 Å². The molecule has 5 heteroatoms. The van der Waals surface area contributed by atoms with Crippen LogP contribution in [0.1, 0.15) is 0 Å². The smallest absolute Gasteiger partial charge is 0.351 e. The zero-order valence-electron chi connectivity index (χ0n) is 5.88. The molecule has 11 heavy (non-hydrogen) atoms. The van der Waals surface area contributed by atoms with Crippen molar-refractivity contribution in [1.82, 2.24) is 5.32 Å². The number of nitrogens with one attached hydrogen (secondary N) is 1. The zero-order chi connectivity index (χ0) is 8.43. The second kappa shape index (κ2) is 2.53.